The summed E-state index contributed by atoms with van der Waals surface area (Å²) in [4.78, 5) is 26.4. The quantitative estimate of drug-likeness (QED) is 0.756. The number of carbonyl (C=O) groups excluding carboxylic acids is 2. The Balaban J connectivity index is 1.49. The van der Waals surface area contributed by atoms with Crippen molar-refractivity contribution < 1.29 is 14.3 Å². The molecule has 1 aliphatic heterocycles. The summed E-state index contributed by atoms with van der Waals surface area (Å²) in [7, 11) is 1.77. The summed E-state index contributed by atoms with van der Waals surface area (Å²) in [5.74, 6) is -0.120. The maximum Gasteiger partial charge on any atom is 0.317 e. The number of hydrogen-bond donors (Lipinski definition) is 2. The average molecular weight is 396 g/mol. The summed E-state index contributed by atoms with van der Waals surface area (Å²) in [5, 5.41) is 5.84. The van der Waals surface area contributed by atoms with Gasteiger partial charge in [0.2, 0.25) is 0 Å². The fourth-order valence-electron chi connectivity index (χ4n) is 3.36. The predicted octanol–water partition coefficient (Wildman–Crippen LogP) is 3.25. The zero-order valence-electron chi connectivity index (χ0n) is 17.1. The molecule has 2 aromatic carbocycles. The Labute approximate surface area is 172 Å². The smallest absolute Gasteiger partial charge is 0.317 e. The van der Waals surface area contributed by atoms with E-state index in [0.717, 1.165) is 36.1 Å². The summed E-state index contributed by atoms with van der Waals surface area (Å²) in [6, 6.07) is 15.2. The van der Waals surface area contributed by atoms with Crippen LogP contribution in [0.1, 0.15) is 39.9 Å². The lowest BCUT2D eigenvalue weighted by Crippen LogP contribution is -2.36. The van der Waals surface area contributed by atoms with E-state index in [0.29, 0.717) is 25.2 Å². The van der Waals surface area contributed by atoms with Crippen LogP contribution in [0.4, 0.5) is 4.79 Å². The van der Waals surface area contributed by atoms with Gasteiger partial charge < -0.3 is 20.3 Å². The monoisotopic (exact) mass is 395 g/mol. The third kappa shape index (κ3) is 6.06. The van der Waals surface area contributed by atoms with Crippen LogP contribution in [0.2, 0.25) is 0 Å². The number of benzene rings is 2. The third-order valence-corrected chi connectivity index (χ3v) is 5.16. The summed E-state index contributed by atoms with van der Waals surface area (Å²) < 4.78 is 5.53. The third-order valence-electron chi connectivity index (χ3n) is 5.16. The molecule has 3 amide bonds. The van der Waals surface area contributed by atoms with Crippen LogP contribution in [0.5, 0.6) is 0 Å². The molecule has 2 N–H and O–H groups in total. The van der Waals surface area contributed by atoms with Gasteiger partial charge >= 0.3 is 6.03 Å². The molecule has 0 radical (unpaired) electrons. The van der Waals surface area contributed by atoms with E-state index in [1.807, 2.05) is 49.4 Å². The number of aryl methyl sites for hydroxylation is 1. The summed E-state index contributed by atoms with van der Waals surface area (Å²) in [5.41, 5.74) is 3.75. The largest absolute Gasteiger partial charge is 0.376 e. The molecule has 6 nitrogen and oxygen atoms in total. The minimum Gasteiger partial charge on any atom is -0.376 e. The van der Waals surface area contributed by atoms with E-state index in [2.05, 4.69) is 10.6 Å². The first-order valence-corrected chi connectivity index (χ1v) is 10.0. The van der Waals surface area contributed by atoms with Gasteiger partial charge in [-0.25, -0.2) is 4.79 Å². The van der Waals surface area contributed by atoms with E-state index >= 15 is 0 Å². The number of nitrogens with one attached hydrogen (secondary N) is 2. The van der Waals surface area contributed by atoms with Crippen LogP contribution >= 0.6 is 0 Å². The fraction of sp³-hybridized carbons (Fsp3) is 0.391. The fourth-order valence-corrected chi connectivity index (χ4v) is 3.36. The van der Waals surface area contributed by atoms with Gasteiger partial charge in [-0.05, 0) is 48.6 Å². The molecule has 29 heavy (non-hydrogen) atoms. The van der Waals surface area contributed by atoms with Gasteiger partial charge in [-0.2, -0.15) is 0 Å². The number of carbonyl (C=O) groups is 2. The highest BCUT2D eigenvalue weighted by molar-refractivity contribution is 5.94. The number of rotatable bonds is 7. The minimum absolute atomic E-state index is 0.116. The minimum atomic E-state index is -0.151. The lowest BCUT2D eigenvalue weighted by Gasteiger charge is -2.19. The van der Waals surface area contributed by atoms with Gasteiger partial charge in [0.15, 0.2) is 0 Å². The highest BCUT2D eigenvalue weighted by atomic mass is 16.5. The Kier molecular flexibility index (Phi) is 7.25. The number of ether oxygens (including phenoxy) is 1. The molecule has 0 bridgehead atoms. The van der Waals surface area contributed by atoms with Gasteiger partial charge in [0.05, 0.1) is 6.10 Å². The van der Waals surface area contributed by atoms with Crippen LogP contribution in [0.15, 0.2) is 48.5 Å². The number of urea groups is 1. The summed E-state index contributed by atoms with van der Waals surface area (Å²) in [6.45, 7) is 4.25. The number of hydrogen-bond acceptors (Lipinski definition) is 3. The van der Waals surface area contributed by atoms with Crippen LogP contribution in [0.3, 0.4) is 0 Å². The maximum absolute atomic E-state index is 12.4. The highest BCUT2D eigenvalue weighted by Crippen LogP contribution is 2.12. The van der Waals surface area contributed by atoms with Crippen molar-refractivity contribution in [2.75, 3.05) is 20.2 Å². The second kappa shape index (κ2) is 10.1. The molecule has 1 atom stereocenters. The van der Waals surface area contributed by atoms with E-state index in [1.54, 1.807) is 18.0 Å². The molecule has 1 aliphatic rings. The zero-order chi connectivity index (χ0) is 20.6. The Hall–Kier alpha value is -2.86. The van der Waals surface area contributed by atoms with Gasteiger partial charge in [-0.15, -0.1) is 0 Å². The molecule has 2 aromatic rings. The molecule has 1 unspecified atom stereocenters. The van der Waals surface area contributed by atoms with E-state index in [4.69, 9.17) is 4.74 Å². The molecule has 6 heteroatoms. The van der Waals surface area contributed by atoms with Crippen molar-refractivity contribution in [3.63, 3.8) is 0 Å². The second-order valence-corrected chi connectivity index (χ2v) is 7.49. The van der Waals surface area contributed by atoms with Crippen molar-refractivity contribution in [3.8, 4) is 0 Å². The molecule has 0 spiro atoms. The molecule has 1 fully saturated rings. The first-order chi connectivity index (χ1) is 14.0. The Morgan fingerprint density at radius 1 is 1.14 bits per heavy atom. The van der Waals surface area contributed by atoms with Crippen molar-refractivity contribution in [1.29, 1.82) is 0 Å². The first-order valence-electron chi connectivity index (χ1n) is 10.0. The SMILES string of the molecule is Cc1ccccc1CN(C)C(=O)NCc1cccc(C(=O)NCC2CCCO2)c1. The van der Waals surface area contributed by atoms with Crippen molar-refractivity contribution >= 4 is 11.9 Å². The Morgan fingerprint density at radius 2 is 1.97 bits per heavy atom. The summed E-state index contributed by atoms with van der Waals surface area (Å²) in [6.07, 6.45) is 2.15. The molecular formula is C23H29N3O3. The molecule has 0 aliphatic carbocycles. The maximum atomic E-state index is 12.4. The van der Waals surface area contributed by atoms with E-state index in [-0.39, 0.29) is 18.0 Å². The van der Waals surface area contributed by atoms with Crippen molar-refractivity contribution in [3.05, 3.63) is 70.8 Å². The first kappa shape index (κ1) is 20.9. The van der Waals surface area contributed by atoms with Crippen molar-refractivity contribution in [1.82, 2.24) is 15.5 Å². The standard InChI is InChI=1S/C23H29N3O3/c1-17-7-3-4-9-20(17)16-26(2)23(28)25-14-18-8-5-10-19(13-18)22(27)24-15-21-11-6-12-29-21/h3-5,7-10,13,21H,6,11-12,14-16H2,1-2H3,(H,24,27)(H,25,28). The van der Waals surface area contributed by atoms with E-state index in [1.165, 1.54) is 0 Å². The van der Waals surface area contributed by atoms with Crippen LogP contribution in [0, 0.1) is 6.92 Å². The summed E-state index contributed by atoms with van der Waals surface area (Å²) >= 11 is 0. The average Bonchev–Trinajstić information content (AvgIpc) is 3.25. The second-order valence-electron chi connectivity index (χ2n) is 7.49. The molecular weight excluding hydrogens is 366 g/mol. The van der Waals surface area contributed by atoms with E-state index < -0.39 is 0 Å². The van der Waals surface area contributed by atoms with E-state index in [9.17, 15) is 9.59 Å². The molecule has 154 valence electrons. The number of nitrogens with zero attached hydrogens (tertiary/aromatic N) is 1. The van der Waals surface area contributed by atoms with Crippen LogP contribution in [-0.4, -0.2) is 43.1 Å². The lowest BCUT2D eigenvalue weighted by atomic mass is 10.1. The molecule has 1 saturated heterocycles. The van der Waals surface area contributed by atoms with Gasteiger partial charge in [0.1, 0.15) is 0 Å². The molecule has 1 heterocycles. The topological polar surface area (TPSA) is 70.7 Å². The molecule has 0 aromatic heterocycles. The van der Waals surface area contributed by atoms with Gasteiger partial charge in [-0.3, -0.25) is 4.79 Å². The predicted molar refractivity (Wildman–Crippen MR) is 113 cm³/mol. The highest BCUT2D eigenvalue weighted by Gasteiger charge is 2.17. The molecule has 0 saturated carbocycles. The van der Waals surface area contributed by atoms with Crippen LogP contribution < -0.4 is 10.6 Å². The number of amides is 3. The van der Waals surface area contributed by atoms with Crippen molar-refractivity contribution in [2.45, 2.75) is 39.0 Å². The Morgan fingerprint density at radius 3 is 2.72 bits per heavy atom. The van der Waals surface area contributed by atoms with Crippen LogP contribution in [-0.2, 0) is 17.8 Å². The van der Waals surface area contributed by atoms with Gasteiger partial charge in [-0.1, -0.05) is 36.4 Å². The zero-order valence-corrected chi connectivity index (χ0v) is 17.1. The Bertz CT molecular complexity index is 847. The van der Waals surface area contributed by atoms with Crippen LogP contribution in [0.25, 0.3) is 0 Å². The van der Waals surface area contributed by atoms with Gasteiger partial charge in [0.25, 0.3) is 5.91 Å². The van der Waals surface area contributed by atoms with Gasteiger partial charge in [0, 0.05) is 38.9 Å². The lowest BCUT2D eigenvalue weighted by molar-refractivity contribution is 0.0857. The molecule has 3 rings (SSSR count). The van der Waals surface area contributed by atoms with Crippen molar-refractivity contribution in [2.24, 2.45) is 0 Å². The normalized spacial score (nSPS) is 15.7.